The molecule has 0 aliphatic carbocycles. The van der Waals surface area contributed by atoms with Crippen LogP contribution in [-0.2, 0) is 28.3 Å². The summed E-state index contributed by atoms with van der Waals surface area (Å²) in [7, 11) is -1.58. The first-order valence-electron chi connectivity index (χ1n) is 15.7. The van der Waals surface area contributed by atoms with Gasteiger partial charge in [0.2, 0.25) is 15.9 Å². The van der Waals surface area contributed by atoms with Crippen LogP contribution < -0.4 is 16.0 Å². The molecule has 3 saturated heterocycles. The lowest BCUT2D eigenvalue weighted by Crippen LogP contribution is -2.49. The van der Waals surface area contributed by atoms with E-state index in [2.05, 4.69) is 40.4 Å². The smallest absolute Gasteiger partial charge is 0.328 e. The zero-order valence-corrected chi connectivity index (χ0v) is 26.4. The summed E-state index contributed by atoms with van der Waals surface area (Å²) in [6.07, 6.45) is 4.74. The first-order valence-corrected chi connectivity index (χ1v) is 17.2. The van der Waals surface area contributed by atoms with Gasteiger partial charge in [-0.2, -0.15) is 9.40 Å². The fraction of sp³-hybridized carbons (Fsp3) is 0.531. The summed E-state index contributed by atoms with van der Waals surface area (Å²) in [5, 5.41) is 7.91. The number of amides is 3. The molecule has 1 unspecified atom stereocenters. The first-order chi connectivity index (χ1) is 21.1. The molecule has 0 spiro atoms. The molecule has 3 amide bonds. The van der Waals surface area contributed by atoms with E-state index in [0.29, 0.717) is 55.0 Å². The van der Waals surface area contributed by atoms with Crippen LogP contribution >= 0.6 is 0 Å². The fourth-order valence-corrected chi connectivity index (χ4v) is 8.36. The Labute approximate surface area is 259 Å². The molecule has 3 N–H and O–H groups in total. The summed E-state index contributed by atoms with van der Waals surface area (Å²) in [5.41, 5.74) is 9.38. The quantitative estimate of drug-likeness (QED) is 0.395. The van der Waals surface area contributed by atoms with E-state index in [-0.39, 0.29) is 18.4 Å². The van der Waals surface area contributed by atoms with E-state index < -0.39 is 16.1 Å². The summed E-state index contributed by atoms with van der Waals surface area (Å²) in [5.74, 6) is 1.25. The Balaban J connectivity index is 1.02. The van der Waals surface area contributed by atoms with Crippen LogP contribution in [-0.4, -0.2) is 84.7 Å². The Hall–Kier alpha value is -3.32. The molecule has 4 heterocycles. The normalized spacial score (nSPS) is 20.8. The van der Waals surface area contributed by atoms with Gasteiger partial charge in [-0.15, -0.1) is 0 Å². The van der Waals surface area contributed by atoms with Crippen LogP contribution in [0.15, 0.2) is 47.4 Å². The monoisotopic (exact) mass is 621 g/mol. The van der Waals surface area contributed by atoms with Gasteiger partial charge in [0.25, 0.3) is 0 Å². The number of hydrogen-bond donors (Lipinski definition) is 2. The lowest BCUT2D eigenvalue weighted by molar-refractivity contribution is -0.120. The fourth-order valence-electron chi connectivity index (χ4n) is 6.89. The molecule has 0 saturated carbocycles. The predicted molar refractivity (Wildman–Crippen MR) is 170 cm³/mol. The van der Waals surface area contributed by atoms with E-state index in [0.717, 1.165) is 55.4 Å². The summed E-state index contributed by atoms with van der Waals surface area (Å²) in [4.78, 5) is 28.4. The van der Waals surface area contributed by atoms with E-state index in [9.17, 15) is 18.0 Å². The van der Waals surface area contributed by atoms with Crippen LogP contribution in [0.25, 0.3) is 10.9 Å². The second kappa shape index (κ2) is 12.6. The Morgan fingerprint density at radius 1 is 0.977 bits per heavy atom. The molecular weight excluding hydrogens is 578 g/mol. The first kappa shape index (κ1) is 30.7. The van der Waals surface area contributed by atoms with Crippen molar-refractivity contribution in [1.82, 2.24) is 24.3 Å². The molecule has 12 heteroatoms. The zero-order chi connectivity index (χ0) is 31.0. The summed E-state index contributed by atoms with van der Waals surface area (Å²) >= 11 is 0. The van der Waals surface area contributed by atoms with Crippen LogP contribution in [0.3, 0.4) is 0 Å². The maximum atomic E-state index is 13.0. The topological polar surface area (TPSA) is 134 Å². The van der Waals surface area contributed by atoms with Crippen LogP contribution in [0.2, 0.25) is 0 Å². The number of aromatic nitrogens is 2. The molecule has 6 rings (SSSR count). The molecule has 0 bridgehead atoms. The van der Waals surface area contributed by atoms with Crippen LogP contribution in [0.5, 0.6) is 0 Å². The molecule has 0 radical (unpaired) electrons. The van der Waals surface area contributed by atoms with Crippen molar-refractivity contribution in [3.05, 3.63) is 53.6 Å². The van der Waals surface area contributed by atoms with E-state index >= 15 is 0 Å². The number of nitrogens with zero attached hydrogens (tertiary/aromatic N) is 5. The molecule has 3 aromatic rings. The maximum Gasteiger partial charge on any atom is 0.329 e. The number of nitrogens with one attached hydrogen (secondary N) is 1. The van der Waals surface area contributed by atoms with Gasteiger partial charge in [0.1, 0.15) is 0 Å². The minimum Gasteiger partial charge on any atom is -0.328 e. The Morgan fingerprint density at radius 3 is 2.36 bits per heavy atom. The van der Waals surface area contributed by atoms with Crippen molar-refractivity contribution < 1.29 is 18.0 Å². The van der Waals surface area contributed by atoms with Gasteiger partial charge < -0.3 is 10.6 Å². The largest absolute Gasteiger partial charge is 0.329 e. The Bertz CT molecular complexity index is 1620. The lowest BCUT2D eigenvalue weighted by Gasteiger charge is -2.34. The van der Waals surface area contributed by atoms with Crippen LogP contribution in [0, 0.1) is 5.92 Å². The Kier molecular flexibility index (Phi) is 8.78. The maximum absolute atomic E-state index is 13.0. The third-order valence-corrected chi connectivity index (χ3v) is 11.4. The highest BCUT2D eigenvalue weighted by Crippen LogP contribution is 2.34. The van der Waals surface area contributed by atoms with Crippen molar-refractivity contribution in [3.63, 3.8) is 0 Å². The van der Waals surface area contributed by atoms with Gasteiger partial charge in [0, 0.05) is 51.1 Å². The third-order valence-electron chi connectivity index (χ3n) is 9.44. The highest BCUT2D eigenvalue weighted by Gasteiger charge is 2.30. The van der Waals surface area contributed by atoms with Gasteiger partial charge in [0.05, 0.1) is 10.4 Å². The number of urea groups is 1. The number of hydrogen-bond acceptors (Lipinski definition) is 7. The standard InChI is InChI=1S/C32H43N7O4S/c1-22(19-23-3-6-27(7-4-23)44(42,43)38-16-11-26(33)12-17-38)21-37-14-9-24(10-15-37)25-5-8-28-29(20-25)36(2)35-31(28)39-18-13-30(40)34-32(39)41/h3-8,20,22,24,26H,9-19,21,33H2,1-2H3,(H,34,40,41). The number of anilines is 1. The van der Waals surface area contributed by atoms with Crippen LogP contribution in [0.4, 0.5) is 10.6 Å². The molecule has 3 aliphatic heterocycles. The number of aryl methyl sites for hydroxylation is 1. The number of benzene rings is 2. The van der Waals surface area contributed by atoms with Gasteiger partial charge in [0.15, 0.2) is 5.82 Å². The number of sulfonamides is 1. The summed E-state index contributed by atoms with van der Waals surface area (Å²) in [6, 6.07) is 13.5. The number of nitrogens with two attached hydrogens (primary N) is 1. The minimum absolute atomic E-state index is 0.0905. The molecular formula is C32H43N7O4S. The highest BCUT2D eigenvalue weighted by atomic mass is 32.2. The summed E-state index contributed by atoms with van der Waals surface area (Å²) in [6.45, 7) is 6.63. The lowest BCUT2D eigenvalue weighted by atomic mass is 9.88. The molecule has 236 valence electrons. The second-order valence-electron chi connectivity index (χ2n) is 12.7. The highest BCUT2D eigenvalue weighted by molar-refractivity contribution is 7.89. The van der Waals surface area contributed by atoms with Crippen molar-refractivity contribution >= 4 is 38.7 Å². The minimum atomic E-state index is -3.47. The van der Waals surface area contributed by atoms with Gasteiger partial charge in [-0.3, -0.25) is 19.7 Å². The number of imide groups is 1. The molecule has 3 fully saturated rings. The molecule has 44 heavy (non-hydrogen) atoms. The van der Waals surface area contributed by atoms with Gasteiger partial charge in [-0.05, 0) is 92.4 Å². The number of likely N-dealkylation sites (tertiary alicyclic amines) is 1. The second-order valence-corrected chi connectivity index (χ2v) is 14.7. The molecule has 3 aliphatic rings. The SMILES string of the molecule is CC(Cc1ccc(S(=O)(=O)N2CCC(N)CC2)cc1)CN1CCC(c2ccc3c(N4CCC(=O)NC4=O)nn(C)c3c2)CC1. The summed E-state index contributed by atoms with van der Waals surface area (Å²) < 4.78 is 29.5. The number of carbonyl (C=O) groups excluding carboxylic acids is 2. The van der Waals surface area contributed by atoms with E-state index in [1.54, 1.807) is 21.3 Å². The molecule has 1 atom stereocenters. The number of rotatable bonds is 8. The molecule has 1 aromatic heterocycles. The van der Waals surface area contributed by atoms with Crippen molar-refractivity contribution in [1.29, 1.82) is 0 Å². The average Bonchev–Trinajstić information content (AvgIpc) is 3.33. The Morgan fingerprint density at radius 2 is 1.68 bits per heavy atom. The number of piperidine rings is 2. The van der Waals surface area contributed by atoms with Crippen molar-refractivity contribution in [2.75, 3.05) is 44.2 Å². The number of fused-ring (bicyclic) bond motifs is 1. The van der Waals surface area contributed by atoms with Crippen molar-refractivity contribution in [3.8, 4) is 0 Å². The van der Waals surface area contributed by atoms with Gasteiger partial charge in [-0.25, -0.2) is 13.2 Å². The van der Waals surface area contributed by atoms with Crippen molar-refractivity contribution in [2.45, 2.75) is 62.3 Å². The molecule has 11 nitrogen and oxygen atoms in total. The van der Waals surface area contributed by atoms with E-state index in [4.69, 9.17) is 5.73 Å². The zero-order valence-electron chi connectivity index (χ0n) is 25.6. The van der Waals surface area contributed by atoms with Gasteiger partial charge in [-0.1, -0.05) is 25.1 Å². The van der Waals surface area contributed by atoms with Crippen molar-refractivity contribution in [2.24, 2.45) is 18.7 Å². The average molecular weight is 622 g/mol. The predicted octanol–water partition coefficient (Wildman–Crippen LogP) is 3.19. The van der Waals surface area contributed by atoms with Gasteiger partial charge >= 0.3 is 6.03 Å². The number of carbonyl (C=O) groups is 2. The van der Waals surface area contributed by atoms with E-state index in [1.807, 2.05) is 23.9 Å². The molecule has 2 aromatic carbocycles. The van der Waals surface area contributed by atoms with Crippen LogP contribution in [0.1, 0.15) is 56.1 Å². The van der Waals surface area contributed by atoms with E-state index in [1.165, 1.54) is 5.56 Å². The third kappa shape index (κ3) is 6.39.